The zero-order valence-corrected chi connectivity index (χ0v) is 11.8. The van der Waals surface area contributed by atoms with Crippen LogP contribution in [-0.2, 0) is 0 Å². The highest BCUT2D eigenvalue weighted by Crippen LogP contribution is 2.37. The first-order valence-corrected chi connectivity index (χ1v) is 6.89. The summed E-state index contributed by atoms with van der Waals surface area (Å²) in [5, 5.41) is 1.34. The minimum atomic E-state index is -0.141. The highest BCUT2D eigenvalue weighted by atomic mass is 35.5. The topological polar surface area (TPSA) is 30.0 Å². The Kier molecular flexibility index (Phi) is 2.94. The van der Waals surface area contributed by atoms with Gasteiger partial charge in [0.1, 0.15) is 0 Å². The van der Waals surface area contributed by atoms with Crippen molar-refractivity contribution < 1.29 is 0 Å². The van der Waals surface area contributed by atoms with Gasteiger partial charge in [-0.3, -0.25) is 4.79 Å². The average molecular weight is 317 g/mol. The van der Waals surface area contributed by atoms with Gasteiger partial charge in [-0.25, -0.2) is 4.98 Å². The van der Waals surface area contributed by atoms with Gasteiger partial charge in [0.2, 0.25) is 0 Å². The summed E-state index contributed by atoms with van der Waals surface area (Å²) in [7, 11) is 0. The summed E-state index contributed by atoms with van der Waals surface area (Å²) in [6.07, 6.45) is 0. The van der Waals surface area contributed by atoms with Crippen LogP contribution >= 0.6 is 46.1 Å². The van der Waals surface area contributed by atoms with Gasteiger partial charge in [-0.15, -0.1) is 11.3 Å². The van der Waals surface area contributed by atoms with E-state index in [1.165, 1.54) is 23.5 Å². The average Bonchev–Trinajstić information content (AvgIpc) is 2.26. The minimum absolute atomic E-state index is 0.141. The molecule has 18 heavy (non-hydrogen) atoms. The Morgan fingerprint density at radius 3 is 2.56 bits per heavy atom. The molecule has 0 fully saturated rings. The maximum Gasteiger partial charge on any atom is 0.181 e. The van der Waals surface area contributed by atoms with Crippen molar-refractivity contribution in [3.05, 3.63) is 49.6 Å². The Morgan fingerprint density at radius 2 is 1.78 bits per heavy atom. The Balaban J connectivity index is 2.52. The highest BCUT2D eigenvalue weighted by molar-refractivity contribution is 7.21. The van der Waals surface area contributed by atoms with Crippen LogP contribution in [0, 0.1) is 0 Å². The summed E-state index contributed by atoms with van der Waals surface area (Å²) in [5.74, 6) is 0. The van der Waals surface area contributed by atoms with Gasteiger partial charge in [-0.05, 0) is 12.1 Å². The zero-order chi connectivity index (χ0) is 12.9. The molecule has 2 nitrogen and oxygen atoms in total. The second-order valence-electron chi connectivity index (χ2n) is 3.70. The van der Waals surface area contributed by atoms with Crippen LogP contribution in [-0.4, -0.2) is 4.98 Å². The van der Waals surface area contributed by atoms with Crippen LogP contribution in [0.5, 0.6) is 0 Å². The maximum absolute atomic E-state index is 11.4. The summed E-state index contributed by atoms with van der Waals surface area (Å²) >= 11 is 19.5. The van der Waals surface area contributed by atoms with E-state index in [-0.39, 0.29) is 5.43 Å². The Bertz CT molecular complexity index is 799. The largest absolute Gasteiger partial charge is 0.290 e. The number of hydrogen-bond acceptors (Lipinski definition) is 3. The molecule has 1 aliphatic carbocycles. The molecule has 3 rings (SSSR count). The minimum Gasteiger partial charge on any atom is -0.290 e. The van der Waals surface area contributed by atoms with Crippen LogP contribution in [0.25, 0.3) is 20.8 Å². The SMILES string of the molecule is O=c1cc2sc3cc(Cl)cc(Cl)c3nc-2c(Cl)c1. The number of benzene rings is 2. The van der Waals surface area contributed by atoms with Gasteiger partial charge >= 0.3 is 0 Å². The molecule has 1 heterocycles. The van der Waals surface area contributed by atoms with E-state index in [1.54, 1.807) is 12.1 Å². The molecular weight excluding hydrogens is 313 g/mol. The number of aromatic nitrogens is 1. The molecule has 0 N–H and O–H groups in total. The monoisotopic (exact) mass is 315 g/mol. The third kappa shape index (κ3) is 1.97. The van der Waals surface area contributed by atoms with E-state index in [2.05, 4.69) is 4.98 Å². The van der Waals surface area contributed by atoms with E-state index in [9.17, 15) is 4.79 Å². The maximum atomic E-state index is 11.4. The molecular formula is C12H4Cl3NOS. The predicted molar refractivity (Wildman–Crippen MR) is 77.5 cm³/mol. The molecule has 0 radical (unpaired) electrons. The van der Waals surface area contributed by atoms with Gasteiger partial charge < -0.3 is 0 Å². The van der Waals surface area contributed by atoms with Gasteiger partial charge in [0, 0.05) is 17.2 Å². The molecule has 1 aromatic carbocycles. The summed E-state index contributed by atoms with van der Waals surface area (Å²) < 4.78 is 0.821. The summed E-state index contributed by atoms with van der Waals surface area (Å²) in [6, 6.07) is 6.25. The Labute approximate surface area is 121 Å². The predicted octanol–water partition coefficient (Wildman–Crippen LogP) is 4.72. The molecule has 0 saturated heterocycles. The fourth-order valence-electron chi connectivity index (χ4n) is 1.70. The number of nitrogens with zero attached hydrogens (tertiary/aromatic N) is 1. The fraction of sp³-hybridized carbons (Fsp3) is 0. The van der Waals surface area contributed by atoms with E-state index < -0.39 is 0 Å². The quantitative estimate of drug-likeness (QED) is 0.562. The van der Waals surface area contributed by atoms with Gasteiger partial charge in [-0.1, -0.05) is 34.8 Å². The van der Waals surface area contributed by atoms with Gasteiger partial charge in [0.15, 0.2) is 5.43 Å². The smallest absolute Gasteiger partial charge is 0.181 e. The normalized spacial score (nSPS) is 11.3. The van der Waals surface area contributed by atoms with Gasteiger partial charge in [-0.2, -0.15) is 0 Å². The first-order chi connectivity index (χ1) is 8.54. The van der Waals surface area contributed by atoms with Crippen LogP contribution in [0.4, 0.5) is 0 Å². The molecule has 0 atom stereocenters. The van der Waals surface area contributed by atoms with Crippen molar-refractivity contribution in [2.45, 2.75) is 0 Å². The second-order valence-corrected chi connectivity index (χ2v) is 6.03. The summed E-state index contributed by atoms with van der Waals surface area (Å²) in [6.45, 7) is 0. The van der Waals surface area contributed by atoms with E-state index in [0.717, 1.165) is 9.58 Å². The summed E-state index contributed by atoms with van der Waals surface area (Å²) in [5.41, 5.74) is 1.08. The van der Waals surface area contributed by atoms with E-state index in [1.807, 2.05) is 0 Å². The van der Waals surface area contributed by atoms with E-state index in [0.29, 0.717) is 26.3 Å². The number of hydrogen-bond donors (Lipinski definition) is 0. The van der Waals surface area contributed by atoms with Crippen molar-refractivity contribution in [1.29, 1.82) is 0 Å². The van der Waals surface area contributed by atoms with Crippen molar-refractivity contribution >= 4 is 56.4 Å². The lowest BCUT2D eigenvalue weighted by Crippen LogP contribution is -2.00. The van der Waals surface area contributed by atoms with Gasteiger partial charge in [0.05, 0.1) is 30.8 Å². The molecule has 1 aliphatic heterocycles. The number of fused-ring (bicyclic) bond motifs is 2. The van der Waals surface area contributed by atoms with Crippen LogP contribution in [0.2, 0.25) is 15.1 Å². The molecule has 1 aromatic rings. The molecule has 0 bridgehead atoms. The lowest BCUT2D eigenvalue weighted by molar-refractivity contribution is 1.41. The molecule has 90 valence electrons. The third-order valence-electron chi connectivity index (χ3n) is 2.44. The first-order valence-electron chi connectivity index (χ1n) is 4.94. The Hall–Kier alpha value is -0.870. The molecule has 2 aliphatic rings. The molecule has 0 saturated carbocycles. The molecule has 0 unspecified atom stereocenters. The lowest BCUT2D eigenvalue weighted by Gasteiger charge is -2.08. The number of halogens is 3. The van der Waals surface area contributed by atoms with Crippen molar-refractivity contribution in [2.75, 3.05) is 0 Å². The molecule has 6 heteroatoms. The Morgan fingerprint density at radius 1 is 1.00 bits per heavy atom. The summed E-state index contributed by atoms with van der Waals surface area (Å²) in [4.78, 5) is 16.5. The van der Waals surface area contributed by atoms with E-state index in [4.69, 9.17) is 34.8 Å². The van der Waals surface area contributed by atoms with E-state index >= 15 is 0 Å². The second kappa shape index (κ2) is 4.35. The van der Waals surface area contributed by atoms with Crippen LogP contribution in [0.1, 0.15) is 0 Å². The molecule has 0 amide bonds. The number of rotatable bonds is 0. The van der Waals surface area contributed by atoms with Crippen molar-refractivity contribution in [1.82, 2.24) is 4.98 Å². The highest BCUT2D eigenvalue weighted by Gasteiger charge is 2.14. The van der Waals surface area contributed by atoms with Gasteiger partial charge in [0.25, 0.3) is 0 Å². The van der Waals surface area contributed by atoms with Crippen molar-refractivity contribution in [2.24, 2.45) is 0 Å². The van der Waals surface area contributed by atoms with Crippen LogP contribution in [0.3, 0.4) is 0 Å². The molecule has 0 aromatic heterocycles. The van der Waals surface area contributed by atoms with Crippen LogP contribution < -0.4 is 5.43 Å². The first kappa shape index (κ1) is 12.2. The van der Waals surface area contributed by atoms with Crippen LogP contribution in [0.15, 0.2) is 29.1 Å². The van der Waals surface area contributed by atoms with Crippen molar-refractivity contribution in [3.8, 4) is 10.6 Å². The molecule has 0 spiro atoms. The zero-order valence-electron chi connectivity index (χ0n) is 8.71. The standard InChI is InChI=1S/C12H4Cl3NOS/c13-5-1-7(14)11-9(2-5)18-10-4-6(17)3-8(15)12(10)16-11/h1-4H. The van der Waals surface area contributed by atoms with Crippen molar-refractivity contribution in [3.63, 3.8) is 0 Å². The lowest BCUT2D eigenvalue weighted by atomic mass is 10.2. The third-order valence-corrected chi connectivity index (χ3v) is 4.30. The fourth-order valence-corrected chi connectivity index (χ4v) is 3.76.